The number of piperidine rings is 1. The molecule has 4 aromatic rings. The number of methoxy groups -OCH3 is 1. The first kappa shape index (κ1) is 25.5. The molecule has 1 atom stereocenters. The standard InChI is InChI=1S/C29H32FN5O4/c1-16-27(17(2)39-33-16)18-13-23-28(31-15-18)35(19-7-10-21(36)11-8-19)29(32-23)24-5-4-6-26(37)34(24)20-9-12-25(38-3)22(30)14-20/h9,12-15,19,21,24,36H,4-8,10-11H2,1-3H3. The molecule has 204 valence electrons. The van der Waals surface area contributed by atoms with Gasteiger partial charge in [-0.1, -0.05) is 5.16 Å². The second-order valence-corrected chi connectivity index (χ2v) is 10.6. The van der Waals surface area contributed by atoms with Crippen LogP contribution in [0.4, 0.5) is 10.1 Å². The van der Waals surface area contributed by atoms with Crippen molar-refractivity contribution in [2.24, 2.45) is 0 Å². The number of halogens is 1. The van der Waals surface area contributed by atoms with Crippen LogP contribution in [0.2, 0.25) is 0 Å². The predicted octanol–water partition coefficient (Wildman–Crippen LogP) is 5.59. The van der Waals surface area contributed by atoms with E-state index in [9.17, 15) is 14.3 Å². The summed E-state index contributed by atoms with van der Waals surface area (Å²) >= 11 is 0. The van der Waals surface area contributed by atoms with Gasteiger partial charge in [0.15, 0.2) is 17.2 Å². The van der Waals surface area contributed by atoms with Crippen LogP contribution in [0, 0.1) is 19.7 Å². The molecule has 0 radical (unpaired) electrons. The average molecular weight is 534 g/mol. The van der Waals surface area contributed by atoms with Crippen molar-refractivity contribution in [1.29, 1.82) is 0 Å². The van der Waals surface area contributed by atoms with Gasteiger partial charge in [0.25, 0.3) is 0 Å². The summed E-state index contributed by atoms with van der Waals surface area (Å²) in [5.41, 5.74) is 4.46. The lowest BCUT2D eigenvalue weighted by Crippen LogP contribution is -2.40. The number of anilines is 1. The van der Waals surface area contributed by atoms with Crippen molar-refractivity contribution in [2.75, 3.05) is 12.0 Å². The molecule has 9 nitrogen and oxygen atoms in total. The number of nitrogens with zero attached hydrogens (tertiary/aromatic N) is 5. The number of fused-ring (bicyclic) bond motifs is 1. The number of ether oxygens (including phenoxy) is 1. The Morgan fingerprint density at radius 1 is 1.13 bits per heavy atom. The van der Waals surface area contributed by atoms with Crippen LogP contribution in [0.3, 0.4) is 0 Å². The van der Waals surface area contributed by atoms with Crippen molar-refractivity contribution in [3.63, 3.8) is 0 Å². The average Bonchev–Trinajstić information content (AvgIpc) is 3.47. The molecule has 10 heteroatoms. The number of hydrogen-bond acceptors (Lipinski definition) is 7. The van der Waals surface area contributed by atoms with E-state index >= 15 is 0 Å². The predicted molar refractivity (Wildman–Crippen MR) is 143 cm³/mol. The number of carbonyl (C=O) groups is 1. The van der Waals surface area contributed by atoms with Gasteiger partial charge in [0.1, 0.15) is 17.1 Å². The highest BCUT2D eigenvalue weighted by molar-refractivity contribution is 5.95. The second kappa shape index (κ2) is 10.1. The van der Waals surface area contributed by atoms with E-state index in [0.717, 1.165) is 41.1 Å². The van der Waals surface area contributed by atoms with Crippen molar-refractivity contribution in [1.82, 2.24) is 19.7 Å². The third-order valence-electron chi connectivity index (χ3n) is 8.07. The molecule has 1 N–H and O–H groups in total. The molecule has 0 spiro atoms. The molecule has 39 heavy (non-hydrogen) atoms. The number of hydrogen-bond donors (Lipinski definition) is 1. The van der Waals surface area contributed by atoms with E-state index in [1.54, 1.807) is 17.0 Å². The van der Waals surface area contributed by atoms with Crippen LogP contribution in [0.5, 0.6) is 5.75 Å². The molecule has 3 aromatic heterocycles. The largest absolute Gasteiger partial charge is 0.494 e. The van der Waals surface area contributed by atoms with E-state index in [1.807, 2.05) is 26.1 Å². The summed E-state index contributed by atoms with van der Waals surface area (Å²) in [5, 5.41) is 14.3. The Bertz CT molecular complexity index is 1520. The van der Waals surface area contributed by atoms with Crippen LogP contribution in [0.25, 0.3) is 22.3 Å². The first-order valence-electron chi connectivity index (χ1n) is 13.5. The van der Waals surface area contributed by atoms with E-state index in [1.165, 1.54) is 13.2 Å². The minimum atomic E-state index is -0.521. The highest BCUT2D eigenvalue weighted by atomic mass is 19.1. The normalized spacial score (nSPS) is 22.0. The Kier molecular flexibility index (Phi) is 6.58. The van der Waals surface area contributed by atoms with Crippen molar-refractivity contribution >= 4 is 22.8 Å². The number of aliphatic hydroxyl groups is 1. The molecule has 6 rings (SSSR count). The highest BCUT2D eigenvalue weighted by Crippen LogP contribution is 2.41. The number of aromatic nitrogens is 4. The van der Waals surface area contributed by atoms with Gasteiger partial charge in [0.2, 0.25) is 5.91 Å². The zero-order chi connectivity index (χ0) is 27.3. The highest BCUT2D eigenvalue weighted by Gasteiger charge is 2.37. The molecule has 1 aromatic carbocycles. The van der Waals surface area contributed by atoms with Gasteiger partial charge in [-0.05, 0) is 70.6 Å². The summed E-state index contributed by atoms with van der Waals surface area (Å²) in [6.07, 6.45) is 6.24. The third kappa shape index (κ3) is 4.46. The van der Waals surface area contributed by atoms with Gasteiger partial charge in [0, 0.05) is 41.5 Å². The van der Waals surface area contributed by atoms with Gasteiger partial charge in [-0.25, -0.2) is 14.4 Å². The number of carbonyl (C=O) groups excluding carboxylic acids is 1. The van der Waals surface area contributed by atoms with Crippen LogP contribution in [0.15, 0.2) is 35.0 Å². The summed E-state index contributed by atoms with van der Waals surface area (Å²) in [5.74, 6) is 0.980. The summed E-state index contributed by atoms with van der Waals surface area (Å²) in [6, 6.07) is 6.31. The number of aliphatic hydroxyl groups excluding tert-OH is 1. The van der Waals surface area contributed by atoms with Gasteiger partial charge in [0.05, 0.1) is 24.9 Å². The lowest BCUT2D eigenvalue weighted by molar-refractivity contribution is -0.120. The molecule has 2 fully saturated rings. The van der Waals surface area contributed by atoms with Gasteiger partial charge in [-0.3, -0.25) is 4.79 Å². The summed E-state index contributed by atoms with van der Waals surface area (Å²) in [6.45, 7) is 3.77. The van der Waals surface area contributed by atoms with E-state index in [-0.39, 0.29) is 29.8 Å². The molecule has 2 aliphatic rings. The monoisotopic (exact) mass is 533 g/mol. The van der Waals surface area contributed by atoms with E-state index < -0.39 is 5.82 Å². The van der Waals surface area contributed by atoms with Gasteiger partial charge in [-0.15, -0.1) is 0 Å². The number of imidazole rings is 1. The van der Waals surface area contributed by atoms with Crippen LogP contribution in [0.1, 0.15) is 74.3 Å². The maximum atomic E-state index is 14.8. The van der Waals surface area contributed by atoms with Crippen LogP contribution >= 0.6 is 0 Å². The van der Waals surface area contributed by atoms with Gasteiger partial charge in [-0.2, -0.15) is 0 Å². The number of rotatable bonds is 5. The fourth-order valence-corrected chi connectivity index (χ4v) is 6.19. The molecule has 1 saturated heterocycles. The Hall–Kier alpha value is -3.79. The van der Waals surface area contributed by atoms with E-state index in [0.29, 0.717) is 49.1 Å². The number of benzene rings is 1. The zero-order valence-electron chi connectivity index (χ0n) is 22.4. The lowest BCUT2D eigenvalue weighted by Gasteiger charge is -2.37. The smallest absolute Gasteiger partial charge is 0.227 e. The zero-order valence-corrected chi connectivity index (χ0v) is 22.4. The Morgan fingerprint density at radius 3 is 2.62 bits per heavy atom. The maximum absolute atomic E-state index is 14.8. The molecule has 1 saturated carbocycles. The molecule has 1 aliphatic carbocycles. The molecule has 1 unspecified atom stereocenters. The van der Waals surface area contributed by atoms with Crippen LogP contribution < -0.4 is 9.64 Å². The van der Waals surface area contributed by atoms with Gasteiger partial charge >= 0.3 is 0 Å². The first-order chi connectivity index (χ1) is 18.9. The third-order valence-corrected chi connectivity index (χ3v) is 8.07. The van der Waals surface area contributed by atoms with Crippen molar-refractivity contribution in [2.45, 2.75) is 77.0 Å². The summed E-state index contributed by atoms with van der Waals surface area (Å²) < 4.78 is 27.4. The van der Waals surface area contributed by atoms with Crippen molar-refractivity contribution in [3.8, 4) is 16.9 Å². The fraction of sp³-hybridized carbons (Fsp3) is 0.448. The SMILES string of the molecule is COc1ccc(N2C(=O)CCCC2c2nc3cc(-c4c(C)noc4C)cnc3n2C2CCC(O)CC2)cc1F. The number of aryl methyl sites for hydroxylation is 2. The van der Waals surface area contributed by atoms with Crippen LogP contribution in [-0.4, -0.2) is 43.9 Å². The lowest BCUT2D eigenvalue weighted by atomic mass is 9.92. The van der Waals surface area contributed by atoms with Crippen LogP contribution in [-0.2, 0) is 4.79 Å². The Morgan fingerprint density at radius 2 is 1.92 bits per heavy atom. The van der Waals surface area contributed by atoms with Crippen molar-refractivity contribution in [3.05, 3.63) is 53.6 Å². The fourth-order valence-electron chi connectivity index (χ4n) is 6.19. The topological polar surface area (TPSA) is 107 Å². The van der Waals surface area contributed by atoms with Gasteiger partial charge < -0.3 is 23.8 Å². The summed E-state index contributed by atoms with van der Waals surface area (Å²) in [7, 11) is 1.42. The number of pyridine rings is 1. The van der Waals surface area contributed by atoms with Crippen molar-refractivity contribution < 1.29 is 23.6 Å². The Labute approximate surface area is 225 Å². The number of amides is 1. The Balaban J connectivity index is 1.50. The molecule has 0 bridgehead atoms. The minimum absolute atomic E-state index is 0.0714. The summed E-state index contributed by atoms with van der Waals surface area (Å²) in [4.78, 5) is 25.0. The molecular formula is C29H32FN5O4. The maximum Gasteiger partial charge on any atom is 0.227 e. The second-order valence-electron chi connectivity index (χ2n) is 10.6. The molecular weight excluding hydrogens is 501 g/mol. The molecule has 1 amide bonds. The minimum Gasteiger partial charge on any atom is -0.494 e. The first-order valence-corrected chi connectivity index (χ1v) is 13.5. The molecule has 4 heterocycles. The quantitative estimate of drug-likeness (QED) is 0.357. The molecule has 1 aliphatic heterocycles. The van der Waals surface area contributed by atoms with E-state index in [2.05, 4.69) is 9.72 Å². The van der Waals surface area contributed by atoms with E-state index in [4.69, 9.17) is 19.2 Å².